The highest BCUT2D eigenvalue weighted by Crippen LogP contribution is 2.40. The fourth-order valence-corrected chi connectivity index (χ4v) is 3.68. The molecule has 0 aliphatic carbocycles. The smallest absolute Gasteiger partial charge is 0.225 e. The van der Waals surface area contributed by atoms with E-state index >= 15 is 0 Å². The highest BCUT2D eigenvalue weighted by molar-refractivity contribution is 5.77. The number of nitrogens with zero attached hydrogens (tertiary/aromatic N) is 4. The molecule has 3 rings (SSSR count). The lowest BCUT2D eigenvalue weighted by Gasteiger charge is -2.35. The predicted molar refractivity (Wildman–Crippen MR) is 93.1 cm³/mol. The zero-order chi connectivity index (χ0) is 17.5. The third kappa shape index (κ3) is 2.99. The number of hydrogen-bond donors (Lipinski definition) is 0. The minimum atomic E-state index is -0.182. The topological polar surface area (TPSA) is 58.6 Å². The van der Waals surface area contributed by atoms with Crippen molar-refractivity contribution in [2.45, 2.75) is 45.6 Å². The molecule has 0 bridgehead atoms. The number of carbonyl (C=O) groups excluding carboxylic acids is 1. The van der Waals surface area contributed by atoms with E-state index in [0.29, 0.717) is 32.1 Å². The number of aromatic nitrogens is 2. The van der Waals surface area contributed by atoms with Crippen molar-refractivity contribution in [3.05, 3.63) is 17.0 Å². The van der Waals surface area contributed by atoms with Crippen LogP contribution >= 0.6 is 0 Å². The van der Waals surface area contributed by atoms with Gasteiger partial charge in [0.1, 0.15) is 0 Å². The van der Waals surface area contributed by atoms with Crippen LogP contribution in [-0.4, -0.2) is 54.6 Å². The van der Waals surface area contributed by atoms with Gasteiger partial charge in [-0.3, -0.25) is 4.79 Å². The highest BCUT2D eigenvalue weighted by atomic mass is 16.5. The number of ether oxygens (including phenoxy) is 1. The van der Waals surface area contributed by atoms with Crippen LogP contribution in [0, 0.1) is 12.8 Å². The van der Waals surface area contributed by atoms with Crippen molar-refractivity contribution in [1.29, 1.82) is 0 Å². The van der Waals surface area contributed by atoms with Crippen LogP contribution in [0.5, 0.6) is 0 Å². The number of amides is 1. The second-order valence-corrected chi connectivity index (χ2v) is 7.77. The second-order valence-electron chi connectivity index (χ2n) is 7.77. The van der Waals surface area contributed by atoms with Crippen LogP contribution in [0.25, 0.3) is 0 Å². The average molecular weight is 332 g/mol. The van der Waals surface area contributed by atoms with Crippen molar-refractivity contribution >= 4 is 11.9 Å². The van der Waals surface area contributed by atoms with Crippen molar-refractivity contribution in [1.82, 2.24) is 14.9 Å². The molecule has 1 amide bonds. The largest absolute Gasteiger partial charge is 0.376 e. The lowest BCUT2D eigenvalue weighted by atomic mass is 9.80. The van der Waals surface area contributed by atoms with Gasteiger partial charge < -0.3 is 14.5 Å². The van der Waals surface area contributed by atoms with Crippen LogP contribution < -0.4 is 4.90 Å². The van der Waals surface area contributed by atoms with Gasteiger partial charge in [0.25, 0.3) is 0 Å². The van der Waals surface area contributed by atoms with E-state index in [0.717, 1.165) is 35.9 Å². The summed E-state index contributed by atoms with van der Waals surface area (Å²) in [5, 5.41) is 0. The lowest BCUT2D eigenvalue weighted by molar-refractivity contribution is -0.131. The number of anilines is 1. The van der Waals surface area contributed by atoms with E-state index in [9.17, 15) is 4.79 Å². The minimum absolute atomic E-state index is 0.182. The van der Waals surface area contributed by atoms with Crippen molar-refractivity contribution in [3.63, 3.8) is 0 Å². The van der Waals surface area contributed by atoms with Gasteiger partial charge in [0.05, 0.1) is 24.3 Å². The summed E-state index contributed by atoms with van der Waals surface area (Å²) in [6.07, 6.45) is 1.52. The van der Waals surface area contributed by atoms with Gasteiger partial charge >= 0.3 is 0 Å². The van der Waals surface area contributed by atoms with Gasteiger partial charge in [-0.15, -0.1) is 0 Å². The Kier molecular flexibility index (Phi) is 4.51. The maximum Gasteiger partial charge on any atom is 0.225 e. The molecule has 2 aliphatic rings. The van der Waals surface area contributed by atoms with Crippen LogP contribution in [0.2, 0.25) is 0 Å². The molecular formula is C18H28N4O2. The van der Waals surface area contributed by atoms with E-state index in [1.54, 1.807) is 0 Å². The van der Waals surface area contributed by atoms with Crippen molar-refractivity contribution in [2.24, 2.45) is 5.92 Å². The molecule has 2 aliphatic heterocycles. The summed E-state index contributed by atoms with van der Waals surface area (Å²) in [7, 11) is 3.92. The first-order chi connectivity index (χ1) is 11.3. The number of carbonyl (C=O) groups is 1. The van der Waals surface area contributed by atoms with Gasteiger partial charge in [0.2, 0.25) is 11.9 Å². The summed E-state index contributed by atoms with van der Waals surface area (Å²) in [5.41, 5.74) is 2.99. The van der Waals surface area contributed by atoms with Crippen LogP contribution in [0.15, 0.2) is 0 Å². The molecule has 1 aromatic heterocycles. The normalized spacial score (nSPS) is 23.0. The highest BCUT2D eigenvalue weighted by Gasteiger charge is 2.46. The van der Waals surface area contributed by atoms with Gasteiger partial charge in [-0.25, -0.2) is 9.97 Å². The summed E-state index contributed by atoms with van der Waals surface area (Å²) >= 11 is 0. The molecule has 0 radical (unpaired) electrons. The first-order valence-corrected chi connectivity index (χ1v) is 8.73. The first-order valence-electron chi connectivity index (χ1n) is 8.73. The Morgan fingerprint density at radius 2 is 2.12 bits per heavy atom. The van der Waals surface area contributed by atoms with E-state index in [4.69, 9.17) is 9.72 Å². The van der Waals surface area contributed by atoms with E-state index in [1.165, 1.54) is 0 Å². The average Bonchev–Trinajstić information content (AvgIpc) is 2.92. The summed E-state index contributed by atoms with van der Waals surface area (Å²) < 4.78 is 5.89. The third-order valence-electron chi connectivity index (χ3n) is 5.02. The van der Waals surface area contributed by atoms with Crippen molar-refractivity contribution in [3.8, 4) is 0 Å². The Morgan fingerprint density at radius 3 is 2.79 bits per heavy atom. The molecule has 0 saturated carbocycles. The molecule has 24 heavy (non-hydrogen) atoms. The zero-order valence-corrected chi connectivity index (χ0v) is 15.4. The van der Waals surface area contributed by atoms with Crippen LogP contribution in [0.1, 0.15) is 43.6 Å². The number of aryl methyl sites for hydroxylation is 1. The number of likely N-dealkylation sites (tertiary alicyclic amines) is 1. The second kappa shape index (κ2) is 6.31. The Hall–Kier alpha value is -1.69. The quantitative estimate of drug-likeness (QED) is 0.846. The lowest BCUT2D eigenvalue weighted by Crippen LogP contribution is -2.42. The number of fused-ring (bicyclic) bond motifs is 2. The van der Waals surface area contributed by atoms with Gasteiger partial charge in [-0.1, -0.05) is 13.8 Å². The predicted octanol–water partition coefficient (Wildman–Crippen LogP) is 1.90. The van der Waals surface area contributed by atoms with Gasteiger partial charge in [-0.05, 0) is 19.3 Å². The molecule has 3 heterocycles. The van der Waals surface area contributed by atoms with Crippen LogP contribution in [0.3, 0.4) is 0 Å². The Bertz CT molecular complexity index is 644. The Labute approximate surface area is 144 Å². The SMILES string of the molecule is Cc1nc(N(C)C)nc2c1COC[C@@]21CCN(C(=O)CC(C)C)C1. The van der Waals surface area contributed by atoms with E-state index in [2.05, 4.69) is 18.8 Å². The van der Waals surface area contributed by atoms with Crippen LogP contribution in [-0.2, 0) is 21.6 Å². The van der Waals surface area contributed by atoms with E-state index < -0.39 is 0 Å². The molecule has 1 saturated heterocycles. The molecule has 6 nitrogen and oxygen atoms in total. The third-order valence-corrected chi connectivity index (χ3v) is 5.02. The van der Waals surface area contributed by atoms with Crippen molar-refractivity contribution in [2.75, 3.05) is 38.7 Å². The Morgan fingerprint density at radius 1 is 1.38 bits per heavy atom. The molecule has 132 valence electrons. The fraction of sp³-hybridized carbons (Fsp3) is 0.722. The standard InChI is InChI=1S/C18H28N4O2/c1-12(2)8-15(23)22-7-6-18(10-22)11-24-9-14-13(3)19-17(21(4)5)20-16(14)18/h12H,6-11H2,1-5H3/t18-/m0/s1. The summed E-state index contributed by atoms with van der Waals surface area (Å²) in [6, 6.07) is 0. The van der Waals surface area contributed by atoms with Gasteiger partial charge in [0.15, 0.2) is 0 Å². The molecule has 1 fully saturated rings. The molecule has 1 aromatic rings. The monoisotopic (exact) mass is 332 g/mol. The van der Waals surface area contributed by atoms with Crippen molar-refractivity contribution < 1.29 is 9.53 Å². The molecule has 0 N–H and O–H groups in total. The molecule has 0 aromatic carbocycles. The zero-order valence-electron chi connectivity index (χ0n) is 15.4. The molecule has 6 heteroatoms. The molecule has 0 unspecified atom stereocenters. The van der Waals surface area contributed by atoms with E-state index in [-0.39, 0.29) is 11.3 Å². The van der Waals surface area contributed by atoms with Gasteiger partial charge in [0, 0.05) is 44.9 Å². The summed E-state index contributed by atoms with van der Waals surface area (Å²) in [5.74, 6) is 1.36. The number of rotatable bonds is 3. The van der Waals surface area contributed by atoms with Crippen LogP contribution in [0.4, 0.5) is 5.95 Å². The van der Waals surface area contributed by atoms with Gasteiger partial charge in [-0.2, -0.15) is 0 Å². The summed E-state index contributed by atoms with van der Waals surface area (Å²) in [4.78, 5) is 25.9. The number of hydrogen-bond acceptors (Lipinski definition) is 5. The maximum atomic E-state index is 12.5. The molecule has 1 spiro atoms. The Balaban J connectivity index is 1.93. The minimum Gasteiger partial charge on any atom is -0.376 e. The maximum absolute atomic E-state index is 12.5. The fourth-order valence-electron chi connectivity index (χ4n) is 3.68. The van der Waals surface area contributed by atoms with E-state index in [1.807, 2.05) is 30.8 Å². The summed E-state index contributed by atoms with van der Waals surface area (Å²) in [6.45, 7) is 8.88. The molecular weight excluding hydrogens is 304 g/mol. The first kappa shape index (κ1) is 17.1. The molecule has 1 atom stereocenters.